The largest absolute Gasteiger partial charge is 0.384 e. The highest BCUT2D eigenvalue weighted by Crippen LogP contribution is 2.24. The smallest absolute Gasteiger partial charge is 0.137 e. The van der Waals surface area contributed by atoms with Gasteiger partial charge in [0.05, 0.1) is 5.69 Å². The molecular formula is C12H14ClN3O. The van der Waals surface area contributed by atoms with E-state index in [2.05, 4.69) is 9.97 Å². The Hall–Kier alpha value is -1.36. The molecule has 0 aliphatic carbocycles. The summed E-state index contributed by atoms with van der Waals surface area (Å²) in [4.78, 5) is 7.39. The summed E-state index contributed by atoms with van der Waals surface area (Å²) in [5.41, 5.74) is 8.06. The number of nitrogens with zero attached hydrogens (tertiary/aromatic N) is 1. The molecule has 0 bridgehead atoms. The first-order valence-electron chi connectivity index (χ1n) is 5.32. The van der Waals surface area contributed by atoms with E-state index in [9.17, 15) is 5.11 Å². The number of benzene rings is 1. The van der Waals surface area contributed by atoms with E-state index in [-0.39, 0.29) is 6.54 Å². The van der Waals surface area contributed by atoms with Crippen LogP contribution in [0.15, 0.2) is 24.3 Å². The molecule has 0 radical (unpaired) electrons. The maximum atomic E-state index is 9.62. The first-order chi connectivity index (χ1) is 8.11. The second-order valence-corrected chi connectivity index (χ2v) is 4.29. The Bertz CT molecular complexity index is 507. The van der Waals surface area contributed by atoms with E-state index in [0.29, 0.717) is 10.8 Å². The number of aliphatic hydroxyl groups excluding tert-OH is 1. The highest BCUT2D eigenvalue weighted by molar-refractivity contribution is 6.30. The Morgan fingerprint density at radius 2 is 2.06 bits per heavy atom. The molecular weight excluding hydrogens is 238 g/mol. The lowest BCUT2D eigenvalue weighted by Gasteiger charge is -2.01. The molecule has 5 heteroatoms. The van der Waals surface area contributed by atoms with E-state index in [4.69, 9.17) is 17.3 Å². The molecule has 2 rings (SSSR count). The third-order valence-electron chi connectivity index (χ3n) is 2.56. The number of halogens is 1. The van der Waals surface area contributed by atoms with Crippen LogP contribution in [-0.4, -0.2) is 21.6 Å². The summed E-state index contributed by atoms with van der Waals surface area (Å²) >= 11 is 5.83. The molecule has 0 spiro atoms. The number of rotatable bonds is 3. The molecule has 1 aromatic heterocycles. The minimum Gasteiger partial charge on any atom is -0.384 e. The molecule has 1 atom stereocenters. The number of aliphatic hydroxyl groups is 1. The molecule has 0 saturated heterocycles. The fourth-order valence-electron chi connectivity index (χ4n) is 1.64. The van der Waals surface area contributed by atoms with Gasteiger partial charge in [0.25, 0.3) is 0 Å². The normalized spacial score (nSPS) is 12.7. The number of hydrogen-bond donors (Lipinski definition) is 3. The number of nitrogens with two attached hydrogens (primary N) is 1. The van der Waals surface area contributed by atoms with Gasteiger partial charge >= 0.3 is 0 Å². The molecule has 0 aliphatic heterocycles. The second kappa shape index (κ2) is 4.87. The summed E-state index contributed by atoms with van der Waals surface area (Å²) in [6, 6.07) is 7.41. The van der Waals surface area contributed by atoms with Crippen molar-refractivity contribution < 1.29 is 5.11 Å². The van der Waals surface area contributed by atoms with Crippen molar-refractivity contribution in [1.82, 2.24) is 9.97 Å². The average Bonchev–Trinajstić information content (AvgIpc) is 2.71. The number of aryl methyl sites for hydroxylation is 1. The van der Waals surface area contributed by atoms with Gasteiger partial charge in [0.15, 0.2) is 0 Å². The molecule has 90 valence electrons. The summed E-state index contributed by atoms with van der Waals surface area (Å²) in [5, 5.41) is 10.3. The topological polar surface area (TPSA) is 74.9 Å². The molecule has 4 nitrogen and oxygen atoms in total. The van der Waals surface area contributed by atoms with Crippen molar-refractivity contribution in [2.45, 2.75) is 13.0 Å². The molecule has 0 amide bonds. The number of aromatic nitrogens is 2. The quantitative estimate of drug-likeness (QED) is 0.781. The molecule has 17 heavy (non-hydrogen) atoms. The molecule has 0 fully saturated rings. The van der Waals surface area contributed by atoms with E-state index in [0.717, 1.165) is 17.0 Å². The van der Waals surface area contributed by atoms with Gasteiger partial charge in [-0.2, -0.15) is 0 Å². The van der Waals surface area contributed by atoms with Gasteiger partial charge in [0.1, 0.15) is 11.9 Å². The van der Waals surface area contributed by atoms with Crippen LogP contribution in [0.2, 0.25) is 5.02 Å². The van der Waals surface area contributed by atoms with Gasteiger partial charge in [-0.1, -0.05) is 23.7 Å². The van der Waals surface area contributed by atoms with E-state index < -0.39 is 6.10 Å². The predicted octanol–water partition coefficient (Wildman–Crippen LogP) is 2.03. The Kier molecular flexibility index (Phi) is 3.47. The van der Waals surface area contributed by atoms with Crippen molar-refractivity contribution in [1.29, 1.82) is 0 Å². The van der Waals surface area contributed by atoms with Crippen molar-refractivity contribution in [3.05, 3.63) is 40.8 Å². The van der Waals surface area contributed by atoms with Crippen molar-refractivity contribution >= 4 is 11.6 Å². The van der Waals surface area contributed by atoms with Crippen LogP contribution in [0.3, 0.4) is 0 Å². The molecule has 4 N–H and O–H groups in total. The third kappa shape index (κ3) is 2.49. The van der Waals surface area contributed by atoms with Gasteiger partial charge in [0, 0.05) is 22.8 Å². The van der Waals surface area contributed by atoms with E-state index in [1.165, 1.54) is 0 Å². The highest BCUT2D eigenvalue weighted by Gasteiger charge is 2.13. The van der Waals surface area contributed by atoms with E-state index in [1.54, 1.807) is 0 Å². The Morgan fingerprint density at radius 3 is 2.65 bits per heavy atom. The molecule has 1 aromatic carbocycles. The van der Waals surface area contributed by atoms with Crippen LogP contribution in [0.1, 0.15) is 17.6 Å². The minimum atomic E-state index is -0.755. The fourth-order valence-corrected chi connectivity index (χ4v) is 1.77. The summed E-state index contributed by atoms with van der Waals surface area (Å²) < 4.78 is 0. The van der Waals surface area contributed by atoms with Crippen LogP contribution < -0.4 is 5.73 Å². The lowest BCUT2D eigenvalue weighted by molar-refractivity contribution is 0.177. The fraction of sp³-hybridized carbons (Fsp3) is 0.250. The number of H-pyrrole nitrogens is 1. The van der Waals surface area contributed by atoms with E-state index in [1.807, 2.05) is 31.2 Å². The number of nitrogens with one attached hydrogen (secondary N) is 1. The van der Waals surface area contributed by atoms with Crippen LogP contribution >= 0.6 is 11.6 Å². The SMILES string of the molecule is Cc1[nH]c(C(O)CN)nc1-c1ccc(Cl)cc1. The Morgan fingerprint density at radius 1 is 1.41 bits per heavy atom. The molecule has 2 aromatic rings. The van der Waals surface area contributed by atoms with Gasteiger partial charge in [-0.3, -0.25) is 0 Å². The zero-order chi connectivity index (χ0) is 12.4. The molecule has 1 heterocycles. The van der Waals surface area contributed by atoms with Crippen LogP contribution in [0, 0.1) is 6.92 Å². The van der Waals surface area contributed by atoms with Gasteiger partial charge in [-0.25, -0.2) is 4.98 Å². The van der Waals surface area contributed by atoms with Gasteiger partial charge in [-0.15, -0.1) is 0 Å². The number of imidazole rings is 1. The summed E-state index contributed by atoms with van der Waals surface area (Å²) in [6.07, 6.45) is -0.755. The van der Waals surface area contributed by atoms with Crippen molar-refractivity contribution in [3.8, 4) is 11.3 Å². The predicted molar refractivity (Wildman–Crippen MR) is 67.8 cm³/mol. The first kappa shape index (κ1) is 12.1. The second-order valence-electron chi connectivity index (χ2n) is 3.85. The van der Waals surface area contributed by atoms with Crippen LogP contribution in [-0.2, 0) is 0 Å². The first-order valence-corrected chi connectivity index (χ1v) is 5.70. The van der Waals surface area contributed by atoms with Crippen molar-refractivity contribution in [2.24, 2.45) is 5.73 Å². The number of aromatic amines is 1. The van der Waals surface area contributed by atoms with E-state index >= 15 is 0 Å². The van der Waals surface area contributed by atoms with Gasteiger partial charge in [-0.05, 0) is 19.1 Å². The van der Waals surface area contributed by atoms with Crippen molar-refractivity contribution in [2.75, 3.05) is 6.54 Å². The zero-order valence-corrected chi connectivity index (χ0v) is 10.2. The lowest BCUT2D eigenvalue weighted by atomic mass is 10.1. The summed E-state index contributed by atoms with van der Waals surface area (Å²) in [7, 11) is 0. The maximum absolute atomic E-state index is 9.62. The monoisotopic (exact) mass is 251 g/mol. The molecule has 0 saturated carbocycles. The zero-order valence-electron chi connectivity index (χ0n) is 9.44. The standard InChI is InChI=1S/C12H14ClN3O/c1-7-11(8-2-4-9(13)5-3-8)16-12(15-7)10(17)6-14/h2-5,10,17H,6,14H2,1H3,(H,15,16). The average molecular weight is 252 g/mol. The minimum absolute atomic E-state index is 0.146. The van der Waals surface area contributed by atoms with Gasteiger partial charge < -0.3 is 15.8 Å². The summed E-state index contributed by atoms with van der Waals surface area (Å²) in [6.45, 7) is 2.05. The molecule has 1 unspecified atom stereocenters. The summed E-state index contributed by atoms with van der Waals surface area (Å²) in [5.74, 6) is 0.495. The van der Waals surface area contributed by atoms with Crippen LogP contribution in [0.5, 0.6) is 0 Å². The maximum Gasteiger partial charge on any atom is 0.137 e. The Balaban J connectivity index is 2.39. The lowest BCUT2D eigenvalue weighted by Crippen LogP contribution is -2.12. The van der Waals surface area contributed by atoms with Crippen molar-refractivity contribution in [3.63, 3.8) is 0 Å². The van der Waals surface area contributed by atoms with Crippen LogP contribution in [0.25, 0.3) is 11.3 Å². The molecule has 0 aliphatic rings. The highest BCUT2D eigenvalue weighted by atomic mass is 35.5. The Labute approximate surface area is 104 Å². The number of hydrogen-bond acceptors (Lipinski definition) is 3. The third-order valence-corrected chi connectivity index (χ3v) is 2.81. The van der Waals surface area contributed by atoms with Crippen LogP contribution in [0.4, 0.5) is 0 Å². The van der Waals surface area contributed by atoms with Gasteiger partial charge in [0.2, 0.25) is 0 Å².